The third-order valence-electron chi connectivity index (χ3n) is 6.30. The summed E-state index contributed by atoms with van der Waals surface area (Å²) in [6.45, 7) is 8.11. The molecule has 0 aromatic carbocycles. The smallest absolute Gasteiger partial charge is 0.232 e. The van der Waals surface area contributed by atoms with Crippen LogP contribution in [0.4, 0.5) is 5.82 Å². The molecule has 1 aromatic heterocycles. The maximum Gasteiger partial charge on any atom is 0.232 e. The van der Waals surface area contributed by atoms with E-state index in [0.717, 1.165) is 18.4 Å². The molecule has 2 aliphatic carbocycles. The van der Waals surface area contributed by atoms with Gasteiger partial charge in [-0.1, -0.05) is 20.8 Å². The molecule has 1 heterocycles. The number of fused-ring (bicyclic) bond motifs is 2. The number of anilines is 1. The molecule has 2 bridgehead atoms. The summed E-state index contributed by atoms with van der Waals surface area (Å²) in [5.74, 6) is 0.740. The number of aromatic nitrogens is 1. The van der Waals surface area contributed by atoms with Gasteiger partial charge in [0.15, 0.2) is 0 Å². The second-order valence-electron chi connectivity index (χ2n) is 7.31. The lowest BCUT2D eigenvalue weighted by atomic mass is 9.64. The number of Topliss-reactive ketones (excluding diaryl/α,β-unsaturated/α-hetero) is 1. The molecule has 2 saturated carbocycles. The molecule has 4 nitrogen and oxygen atoms in total. The van der Waals surface area contributed by atoms with E-state index in [9.17, 15) is 9.59 Å². The van der Waals surface area contributed by atoms with Crippen molar-refractivity contribution in [3.63, 3.8) is 0 Å². The molecular formula is C17H22N2O2. The van der Waals surface area contributed by atoms with Crippen LogP contribution in [0.25, 0.3) is 0 Å². The Balaban J connectivity index is 1.93. The Kier molecular flexibility index (Phi) is 2.81. The standard InChI is InChI=1S/C17H22N2O2/c1-11-5-8-18-13(9-11)19-14(21)17-7-6-16(4,12(20)10-17)15(17,2)3/h5,8-9H,6-7,10H2,1-4H3,(H,18,19,21). The molecule has 112 valence electrons. The number of pyridine rings is 1. The monoisotopic (exact) mass is 286 g/mol. The van der Waals surface area contributed by atoms with Crippen LogP contribution in [0.1, 0.15) is 45.6 Å². The summed E-state index contributed by atoms with van der Waals surface area (Å²) in [6.07, 6.45) is 3.62. The lowest BCUT2D eigenvalue weighted by Gasteiger charge is -2.38. The van der Waals surface area contributed by atoms with Crippen molar-refractivity contribution in [3.05, 3.63) is 23.9 Å². The van der Waals surface area contributed by atoms with Gasteiger partial charge in [-0.25, -0.2) is 4.98 Å². The van der Waals surface area contributed by atoms with Crippen LogP contribution in [-0.4, -0.2) is 16.7 Å². The van der Waals surface area contributed by atoms with E-state index in [1.807, 2.05) is 26.0 Å². The maximum atomic E-state index is 12.9. The van der Waals surface area contributed by atoms with Crippen molar-refractivity contribution >= 4 is 17.5 Å². The van der Waals surface area contributed by atoms with Crippen molar-refractivity contribution in [1.82, 2.24) is 4.98 Å². The molecule has 4 heteroatoms. The van der Waals surface area contributed by atoms with E-state index in [1.165, 1.54) is 0 Å². The molecule has 1 amide bonds. The van der Waals surface area contributed by atoms with Gasteiger partial charge in [-0.2, -0.15) is 0 Å². The van der Waals surface area contributed by atoms with Gasteiger partial charge in [0.1, 0.15) is 11.6 Å². The number of carbonyl (C=O) groups excluding carboxylic acids is 2. The number of carbonyl (C=O) groups is 2. The first kappa shape index (κ1) is 14.2. The van der Waals surface area contributed by atoms with Gasteiger partial charge < -0.3 is 5.32 Å². The van der Waals surface area contributed by atoms with Crippen molar-refractivity contribution in [2.75, 3.05) is 5.32 Å². The van der Waals surface area contributed by atoms with Crippen molar-refractivity contribution in [2.24, 2.45) is 16.2 Å². The van der Waals surface area contributed by atoms with Crippen molar-refractivity contribution in [1.29, 1.82) is 0 Å². The fourth-order valence-electron chi connectivity index (χ4n) is 4.20. The Hall–Kier alpha value is -1.71. The average molecular weight is 286 g/mol. The third-order valence-corrected chi connectivity index (χ3v) is 6.30. The Labute approximate surface area is 125 Å². The van der Waals surface area contributed by atoms with Crippen LogP contribution in [0.15, 0.2) is 18.3 Å². The van der Waals surface area contributed by atoms with Crippen LogP contribution < -0.4 is 5.32 Å². The van der Waals surface area contributed by atoms with Crippen molar-refractivity contribution in [2.45, 2.75) is 47.0 Å². The van der Waals surface area contributed by atoms with E-state index in [-0.39, 0.29) is 22.5 Å². The highest BCUT2D eigenvalue weighted by Crippen LogP contribution is 2.70. The van der Waals surface area contributed by atoms with E-state index >= 15 is 0 Å². The summed E-state index contributed by atoms with van der Waals surface area (Å²) in [7, 11) is 0. The summed E-state index contributed by atoms with van der Waals surface area (Å²) in [4.78, 5) is 29.5. The van der Waals surface area contributed by atoms with E-state index in [1.54, 1.807) is 6.20 Å². The van der Waals surface area contributed by atoms with Gasteiger partial charge in [0.25, 0.3) is 0 Å². The predicted octanol–water partition coefficient (Wildman–Crippen LogP) is 3.11. The molecule has 3 rings (SSSR count). The topological polar surface area (TPSA) is 59.1 Å². The van der Waals surface area contributed by atoms with Crippen molar-refractivity contribution in [3.8, 4) is 0 Å². The Bertz CT molecular complexity index is 637. The lowest BCUT2D eigenvalue weighted by Crippen LogP contribution is -2.43. The largest absolute Gasteiger partial charge is 0.310 e. The lowest BCUT2D eigenvalue weighted by molar-refractivity contribution is -0.131. The minimum Gasteiger partial charge on any atom is -0.310 e. The zero-order valence-electron chi connectivity index (χ0n) is 13.1. The fraction of sp³-hybridized carbons (Fsp3) is 0.588. The molecule has 0 radical (unpaired) electrons. The van der Waals surface area contributed by atoms with Gasteiger partial charge >= 0.3 is 0 Å². The second-order valence-corrected chi connectivity index (χ2v) is 7.31. The normalized spacial score (nSPS) is 33.2. The van der Waals surface area contributed by atoms with Gasteiger partial charge in [0.05, 0.1) is 5.41 Å². The van der Waals surface area contributed by atoms with Crippen LogP contribution in [0.3, 0.4) is 0 Å². The van der Waals surface area contributed by atoms with Gasteiger partial charge in [-0.05, 0) is 42.9 Å². The summed E-state index contributed by atoms with van der Waals surface area (Å²) < 4.78 is 0. The average Bonchev–Trinajstić information content (AvgIpc) is 2.69. The SMILES string of the molecule is Cc1ccnc(NC(=O)C23CCC(C)(C(=O)C2)C3(C)C)c1. The first-order valence-electron chi connectivity index (χ1n) is 7.50. The molecule has 0 aliphatic heterocycles. The van der Waals surface area contributed by atoms with E-state index < -0.39 is 5.41 Å². The molecule has 21 heavy (non-hydrogen) atoms. The highest BCUT2D eigenvalue weighted by Gasteiger charge is 2.72. The minimum atomic E-state index is -0.593. The molecule has 1 aromatic rings. The van der Waals surface area contributed by atoms with Crippen LogP contribution in [0.5, 0.6) is 0 Å². The van der Waals surface area contributed by atoms with Crippen LogP contribution in [0, 0.1) is 23.2 Å². The number of hydrogen-bond acceptors (Lipinski definition) is 3. The number of amides is 1. The Morgan fingerprint density at radius 1 is 1.29 bits per heavy atom. The number of aryl methyl sites for hydroxylation is 1. The van der Waals surface area contributed by atoms with Gasteiger partial charge in [0.2, 0.25) is 5.91 Å². The summed E-state index contributed by atoms with van der Waals surface area (Å²) in [5.41, 5.74) is -0.226. The summed E-state index contributed by atoms with van der Waals surface area (Å²) >= 11 is 0. The second kappa shape index (κ2) is 4.15. The highest BCUT2D eigenvalue weighted by atomic mass is 16.2. The Morgan fingerprint density at radius 3 is 2.52 bits per heavy atom. The molecule has 1 N–H and O–H groups in total. The predicted molar refractivity (Wildman–Crippen MR) is 80.8 cm³/mol. The summed E-state index contributed by atoms with van der Waals surface area (Å²) in [6, 6.07) is 3.75. The van der Waals surface area contributed by atoms with E-state index in [4.69, 9.17) is 0 Å². The highest BCUT2D eigenvalue weighted by molar-refractivity contribution is 6.04. The first-order valence-corrected chi connectivity index (χ1v) is 7.50. The minimum absolute atomic E-state index is 0.0554. The van der Waals surface area contributed by atoms with Crippen LogP contribution in [-0.2, 0) is 9.59 Å². The van der Waals surface area contributed by atoms with E-state index in [0.29, 0.717) is 12.2 Å². The zero-order valence-corrected chi connectivity index (χ0v) is 13.1. The first-order chi connectivity index (χ1) is 9.73. The quantitative estimate of drug-likeness (QED) is 0.908. The number of nitrogens with zero attached hydrogens (tertiary/aromatic N) is 1. The number of hydrogen-bond donors (Lipinski definition) is 1. The zero-order chi connectivity index (χ0) is 15.5. The molecule has 0 spiro atoms. The Morgan fingerprint density at radius 2 is 2.00 bits per heavy atom. The van der Waals surface area contributed by atoms with E-state index in [2.05, 4.69) is 24.1 Å². The van der Waals surface area contributed by atoms with Crippen LogP contribution >= 0.6 is 0 Å². The molecule has 2 aliphatic rings. The molecule has 0 saturated heterocycles. The fourth-order valence-corrected chi connectivity index (χ4v) is 4.20. The van der Waals surface area contributed by atoms with Gasteiger partial charge in [0, 0.05) is 18.0 Å². The summed E-state index contributed by atoms with van der Waals surface area (Å²) in [5, 5.41) is 2.93. The molecule has 2 atom stereocenters. The van der Waals surface area contributed by atoms with Gasteiger partial charge in [-0.3, -0.25) is 9.59 Å². The third kappa shape index (κ3) is 1.65. The molecule has 2 unspecified atom stereocenters. The number of nitrogens with one attached hydrogen (secondary N) is 1. The molecule has 2 fully saturated rings. The molecular weight excluding hydrogens is 264 g/mol. The number of rotatable bonds is 2. The number of ketones is 1. The maximum absolute atomic E-state index is 12.9. The van der Waals surface area contributed by atoms with Crippen molar-refractivity contribution < 1.29 is 9.59 Å². The van der Waals surface area contributed by atoms with Gasteiger partial charge in [-0.15, -0.1) is 0 Å². The van der Waals surface area contributed by atoms with Crippen LogP contribution in [0.2, 0.25) is 0 Å².